The molecule has 1 amide bonds. The lowest BCUT2D eigenvalue weighted by Crippen LogP contribution is -2.29. The Balaban J connectivity index is 1.55. The standard InChI is InChI=1S/C29H29ClN6O3/c1-17(19-14-21(30)20-16-35(5)34-26(20)24(19)18-10-7-6-8-11-18)32-28(38)25-22(15-23(37)39-29(2,3)4)33-36-13-9-12-31-27(25)36/h6-14,16-17H,15H2,1-5H3,(H,32,38). The molecule has 10 heteroatoms. The van der Waals surface area contributed by atoms with Crippen LogP contribution in [0.25, 0.3) is 27.7 Å². The summed E-state index contributed by atoms with van der Waals surface area (Å²) in [5, 5.41) is 13.6. The molecule has 5 aromatic rings. The molecule has 9 nitrogen and oxygen atoms in total. The second-order valence-electron chi connectivity index (χ2n) is 10.4. The van der Waals surface area contributed by atoms with Gasteiger partial charge < -0.3 is 10.1 Å². The number of nitrogens with zero attached hydrogens (tertiary/aromatic N) is 5. The maximum absolute atomic E-state index is 13.8. The van der Waals surface area contributed by atoms with E-state index in [-0.39, 0.29) is 17.7 Å². The van der Waals surface area contributed by atoms with Gasteiger partial charge >= 0.3 is 5.97 Å². The lowest BCUT2D eigenvalue weighted by molar-refractivity contribution is -0.154. The number of nitrogens with one attached hydrogen (secondary N) is 1. The van der Waals surface area contributed by atoms with Crippen molar-refractivity contribution < 1.29 is 14.3 Å². The Bertz CT molecular complexity index is 1700. The summed E-state index contributed by atoms with van der Waals surface area (Å²) in [5.41, 5.74) is 3.59. The van der Waals surface area contributed by atoms with E-state index in [1.807, 2.05) is 56.6 Å². The number of carbonyl (C=O) groups excluding carboxylic acids is 2. The van der Waals surface area contributed by atoms with Gasteiger partial charge in [0.05, 0.1) is 23.2 Å². The van der Waals surface area contributed by atoms with Crippen LogP contribution in [-0.2, 0) is 23.0 Å². The van der Waals surface area contributed by atoms with E-state index in [9.17, 15) is 9.59 Å². The van der Waals surface area contributed by atoms with Crippen molar-refractivity contribution >= 4 is 40.0 Å². The van der Waals surface area contributed by atoms with Crippen molar-refractivity contribution in [2.45, 2.75) is 45.8 Å². The second-order valence-corrected chi connectivity index (χ2v) is 10.8. The SMILES string of the molecule is CC(NC(=O)c1c(CC(=O)OC(C)(C)C)nn2cccnc12)c1cc(Cl)c2cn(C)nc2c1-c1ccccc1. The van der Waals surface area contributed by atoms with Crippen LogP contribution >= 0.6 is 11.6 Å². The smallest absolute Gasteiger partial charge is 0.312 e. The fourth-order valence-corrected chi connectivity index (χ4v) is 4.93. The maximum atomic E-state index is 13.8. The zero-order valence-corrected chi connectivity index (χ0v) is 23.2. The third kappa shape index (κ3) is 5.35. The highest BCUT2D eigenvalue weighted by Gasteiger charge is 2.27. The van der Waals surface area contributed by atoms with E-state index in [0.717, 1.165) is 27.6 Å². The number of aromatic nitrogens is 5. The topological polar surface area (TPSA) is 103 Å². The molecule has 3 aromatic heterocycles. The van der Waals surface area contributed by atoms with Crippen molar-refractivity contribution in [3.05, 3.63) is 82.9 Å². The summed E-state index contributed by atoms with van der Waals surface area (Å²) in [4.78, 5) is 30.8. The van der Waals surface area contributed by atoms with Crippen LogP contribution in [0.2, 0.25) is 5.02 Å². The summed E-state index contributed by atoms with van der Waals surface area (Å²) in [6.07, 6.45) is 4.98. The molecule has 3 heterocycles. The number of hydrogen-bond acceptors (Lipinski definition) is 6. The van der Waals surface area contributed by atoms with Crippen LogP contribution in [0.5, 0.6) is 0 Å². The molecule has 0 aliphatic carbocycles. The quantitative estimate of drug-likeness (QED) is 0.290. The Hall–Kier alpha value is -4.24. The third-order valence-electron chi connectivity index (χ3n) is 6.20. The van der Waals surface area contributed by atoms with Crippen molar-refractivity contribution in [3.63, 3.8) is 0 Å². The average molecular weight is 545 g/mol. The van der Waals surface area contributed by atoms with Gasteiger partial charge in [-0.25, -0.2) is 9.50 Å². The van der Waals surface area contributed by atoms with E-state index in [4.69, 9.17) is 16.3 Å². The predicted molar refractivity (Wildman–Crippen MR) is 150 cm³/mol. The monoisotopic (exact) mass is 544 g/mol. The first-order valence-corrected chi connectivity index (χ1v) is 13.0. The molecule has 1 N–H and O–H groups in total. The third-order valence-corrected chi connectivity index (χ3v) is 6.51. The first kappa shape index (κ1) is 26.4. The first-order valence-electron chi connectivity index (χ1n) is 12.6. The number of amides is 1. The lowest BCUT2D eigenvalue weighted by atomic mass is 9.93. The molecule has 0 radical (unpaired) electrons. The van der Waals surface area contributed by atoms with Crippen LogP contribution < -0.4 is 5.32 Å². The molecule has 0 fully saturated rings. The van der Waals surface area contributed by atoms with E-state index in [0.29, 0.717) is 10.7 Å². The predicted octanol–water partition coefficient (Wildman–Crippen LogP) is 5.31. The number of ether oxygens (including phenoxy) is 1. The molecule has 1 unspecified atom stereocenters. The van der Waals surface area contributed by atoms with Gasteiger partial charge in [-0.3, -0.25) is 14.3 Å². The highest BCUT2D eigenvalue weighted by atomic mass is 35.5. The Kier molecular flexibility index (Phi) is 6.86. The number of carbonyl (C=O) groups is 2. The summed E-state index contributed by atoms with van der Waals surface area (Å²) in [5.74, 6) is -0.891. The molecule has 200 valence electrons. The number of rotatable bonds is 6. The van der Waals surface area contributed by atoms with Crippen LogP contribution in [0.1, 0.15) is 55.4 Å². The van der Waals surface area contributed by atoms with Crippen LogP contribution in [-0.4, -0.2) is 41.9 Å². The fraction of sp³-hybridized carbons (Fsp3) is 0.276. The molecule has 0 aliphatic heterocycles. The maximum Gasteiger partial charge on any atom is 0.312 e. The highest BCUT2D eigenvalue weighted by Crippen LogP contribution is 2.38. The normalized spacial score (nSPS) is 12.6. The second kappa shape index (κ2) is 10.1. The van der Waals surface area contributed by atoms with Crippen molar-refractivity contribution in [2.24, 2.45) is 7.05 Å². The van der Waals surface area contributed by atoms with Crippen LogP contribution in [0.15, 0.2) is 61.1 Å². The van der Waals surface area contributed by atoms with Gasteiger partial charge in [0.1, 0.15) is 16.7 Å². The molecule has 5 rings (SSSR count). The number of benzene rings is 2. The molecular weight excluding hydrogens is 516 g/mol. The summed E-state index contributed by atoms with van der Waals surface area (Å²) in [7, 11) is 1.85. The Morgan fingerprint density at radius 3 is 2.59 bits per heavy atom. The molecule has 0 saturated heterocycles. The Labute approximate surface area is 230 Å². The number of aryl methyl sites for hydroxylation is 1. The molecule has 39 heavy (non-hydrogen) atoms. The number of hydrogen-bond donors (Lipinski definition) is 1. The minimum atomic E-state index is -0.664. The Morgan fingerprint density at radius 2 is 1.87 bits per heavy atom. The first-order chi connectivity index (χ1) is 18.5. The van der Waals surface area contributed by atoms with E-state index in [2.05, 4.69) is 20.5 Å². The molecule has 0 bridgehead atoms. The summed E-state index contributed by atoms with van der Waals surface area (Å²) in [6, 6.07) is 13.0. The van der Waals surface area contributed by atoms with Gasteiger partial charge in [-0.1, -0.05) is 41.9 Å². The molecule has 1 atom stereocenters. The van der Waals surface area contributed by atoms with Crippen molar-refractivity contribution in [2.75, 3.05) is 0 Å². The van der Waals surface area contributed by atoms with Gasteiger partial charge in [0.15, 0.2) is 5.65 Å². The van der Waals surface area contributed by atoms with Gasteiger partial charge in [0.2, 0.25) is 0 Å². The van der Waals surface area contributed by atoms with Gasteiger partial charge in [-0.2, -0.15) is 10.2 Å². The molecule has 0 aliphatic rings. The van der Waals surface area contributed by atoms with E-state index >= 15 is 0 Å². The molecule has 0 spiro atoms. The summed E-state index contributed by atoms with van der Waals surface area (Å²) in [6.45, 7) is 7.26. The molecule has 2 aromatic carbocycles. The molecule has 0 saturated carbocycles. The van der Waals surface area contributed by atoms with Gasteiger partial charge in [-0.05, 0) is 51.0 Å². The summed E-state index contributed by atoms with van der Waals surface area (Å²) < 4.78 is 8.70. The minimum Gasteiger partial charge on any atom is -0.460 e. The zero-order valence-electron chi connectivity index (χ0n) is 22.4. The lowest BCUT2D eigenvalue weighted by Gasteiger charge is -2.20. The Morgan fingerprint density at radius 1 is 1.13 bits per heavy atom. The largest absolute Gasteiger partial charge is 0.460 e. The van der Waals surface area contributed by atoms with Crippen LogP contribution in [0.4, 0.5) is 0 Å². The van der Waals surface area contributed by atoms with Crippen molar-refractivity contribution in [1.82, 2.24) is 29.7 Å². The molecular formula is C29H29ClN6O3. The number of halogens is 1. The minimum absolute atomic E-state index is 0.168. The number of esters is 1. The summed E-state index contributed by atoms with van der Waals surface area (Å²) >= 11 is 6.69. The van der Waals surface area contributed by atoms with Crippen molar-refractivity contribution in [1.29, 1.82) is 0 Å². The van der Waals surface area contributed by atoms with Gasteiger partial charge in [-0.15, -0.1) is 0 Å². The van der Waals surface area contributed by atoms with E-state index in [1.54, 1.807) is 43.9 Å². The average Bonchev–Trinajstić information content (AvgIpc) is 3.43. The zero-order chi connectivity index (χ0) is 27.9. The van der Waals surface area contributed by atoms with E-state index < -0.39 is 23.5 Å². The van der Waals surface area contributed by atoms with Gasteiger partial charge in [0, 0.05) is 36.6 Å². The number of fused-ring (bicyclic) bond motifs is 2. The highest BCUT2D eigenvalue weighted by molar-refractivity contribution is 6.36. The van der Waals surface area contributed by atoms with Crippen molar-refractivity contribution in [3.8, 4) is 11.1 Å². The van der Waals surface area contributed by atoms with Crippen LogP contribution in [0, 0.1) is 0 Å². The fourth-order valence-electron chi connectivity index (χ4n) is 4.67. The van der Waals surface area contributed by atoms with E-state index in [1.165, 1.54) is 4.52 Å². The van der Waals surface area contributed by atoms with Crippen LogP contribution in [0.3, 0.4) is 0 Å². The van der Waals surface area contributed by atoms with Gasteiger partial charge in [0.25, 0.3) is 5.91 Å².